The largest absolute Gasteiger partial charge is 0.494 e. The molecular weight excluding hydrogens is 310 g/mol. The predicted molar refractivity (Wildman–Crippen MR) is 88.2 cm³/mol. The molecule has 0 atom stereocenters. The van der Waals surface area contributed by atoms with E-state index in [1.54, 1.807) is 24.3 Å². The van der Waals surface area contributed by atoms with Gasteiger partial charge in [-0.05, 0) is 50.5 Å². The van der Waals surface area contributed by atoms with Crippen molar-refractivity contribution < 1.29 is 24.2 Å². The van der Waals surface area contributed by atoms with Crippen LogP contribution in [0, 0.1) is 0 Å². The fourth-order valence-corrected chi connectivity index (χ4v) is 2.91. The van der Waals surface area contributed by atoms with Crippen LogP contribution in [0.2, 0.25) is 0 Å². The van der Waals surface area contributed by atoms with Crippen LogP contribution in [-0.4, -0.2) is 34.9 Å². The second-order valence-electron chi connectivity index (χ2n) is 6.18. The van der Waals surface area contributed by atoms with Gasteiger partial charge in [0.2, 0.25) is 5.91 Å². The fraction of sp³-hybridized carbons (Fsp3) is 0.500. The summed E-state index contributed by atoms with van der Waals surface area (Å²) < 4.78 is 5.53. The summed E-state index contributed by atoms with van der Waals surface area (Å²) in [6, 6.07) is 6.83. The summed E-state index contributed by atoms with van der Waals surface area (Å²) in [5, 5.41) is 12.0. The molecular formula is C18H23NO5. The Morgan fingerprint density at radius 1 is 1.17 bits per heavy atom. The molecule has 130 valence electrons. The maximum absolute atomic E-state index is 12.0. The van der Waals surface area contributed by atoms with Crippen molar-refractivity contribution in [3.05, 3.63) is 29.8 Å². The SMILES string of the molecule is CC(=O)c1ccc(OCCCC(=O)NC2(C(=O)O)CCCC2)cc1. The van der Waals surface area contributed by atoms with Crippen LogP contribution < -0.4 is 10.1 Å². The number of carbonyl (C=O) groups is 3. The van der Waals surface area contributed by atoms with Gasteiger partial charge in [-0.1, -0.05) is 12.8 Å². The molecule has 0 unspecified atom stereocenters. The Labute approximate surface area is 141 Å². The third-order valence-electron chi connectivity index (χ3n) is 4.32. The number of carboxylic acid groups (broad SMARTS) is 1. The van der Waals surface area contributed by atoms with E-state index in [1.165, 1.54) is 6.92 Å². The van der Waals surface area contributed by atoms with E-state index in [1.807, 2.05) is 0 Å². The molecule has 1 amide bonds. The van der Waals surface area contributed by atoms with Crippen molar-refractivity contribution in [2.75, 3.05) is 6.61 Å². The Morgan fingerprint density at radius 2 is 1.79 bits per heavy atom. The zero-order valence-corrected chi connectivity index (χ0v) is 13.8. The van der Waals surface area contributed by atoms with Crippen LogP contribution in [-0.2, 0) is 9.59 Å². The van der Waals surface area contributed by atoms with Gasteiger partial charge >= 0.3 is 5.97 Å². The van der Waals surface area contributed by atoms with Gasteiger partial charge in [0.05, 0.1) is 6.61 Å². The number of Topliss-reactive ketones (excluding diaryl/α,β-unsaturated/α-hetero) is 1. The highest BCUT2D eigenvalue weighted by atomic mass is 16.5. The average Bonchev–Trinajstić information content (AvgIpc) is 3.02. The molecule has 0 bridgehead atoms. The molecule has 0 saturated heterocycles. The van der Waals surface area contributed by atoms with Crippen LogP contribution in [0.3, 0.4) is 0 Å². The van der Waals surface area contributed by atoms with Crippen LogP contribution in [0.15, 0.2) is 24.3 Å². The van der Waals surface area contributed by atoms with Gasteiger partial charge in [-0.3, -0.25) is 9.59 Å². The Bertz CT molecular complexity index is 602. The highest BCUT2D eigenvalue weighted by Crippen LogP contribution is 2.30. The van der Waals surface area contributed by atoms with Crippen molar-refractivity contribution >= 4 is 17.7 Å². The van der Waals surface area contributed by atoms with Crippen LogP contribution in [0.25, 0.3) is 0 Å². The molecule has 0 aliphatic heterocycles. The summed E-state index contributed by atoms with van der Waals surface area (Å²) >= 11 is 0. The summed E-state index contributed by atoms with van der Waals surface area (Å²) in [6.45, 7) is 1.86. The maximum Gasteiger partial charge on any atom is 0.329 e. The van der Waals surface area contributed by atoms with E-state index in [4.69, 9.17) is 4.74 Å². The molecule has 24 heavy (non-hydrogen) atoms. The number of nitrogens with one attached hydrogen (secondary N) is 1. The number of hydrogen-bond donors (Lipinski definition) is 2. The number of ether oxygens (including phenoxy) is 1. The minimum atomic E-state index is -1.08. The van der Waals surface area contributed by atoms with Crippen molar-refractivity contribution in [3.8, 4) is 5.75 Å². The van der Waals surface area contributed by atoms with E-state index in [9.17, 15) is 19.5 Å². The van der Waals surface area contributed by atoms with Gasteiger partial charge < -0.3 is 15.2 Å². The van der Waals surface area contributed by atoms with Crippen molar-refractivity contribution in [3.63, 3.8) is 0 Å². The van der Waals surface area contributed by atoms with Gasteiger partial charge in [-0.15, -0.1) is 0 Å². The number of carbonyl (C=O) groups excluding carboxylic acids is 2. The molecule has 6 heteroatoms. The number of carboxylic acids is 1. The highest BCUT2D eigenvalue weighted by molar-refractivity contribution is 5.94. The fourth-order valence-electron chi connectivity index (χ4n) is 2.91. The Morgan fingerprint density at radius 3 is 2.33 bits per heavy atom. The van der Waals surface area contributed by atoms with Crippen molar-refractivity contribution in [2.24, 2.45) is 0 Å². The first-order valence-corrected chi connectivity index (χ1v) is 8.21. The topological polar surface area (TPSA) is 92.7 Å². The standard InChI is InChI=1S/C18H23NO5/c1-13(20)14-6-8-15(9-7-14)24-12-4-5-16(21)19-18(17(22)23)10-2-3-11-18/h6-9H,2-5,10-12H2,1H3,(H,19,21)(H,22,23). The van der Waals surface area contributed by atoms with Crippen molar-refractivity contribution in [1.82, 2.24) is 5.32 Å². The minimum absolute atomic E-state index is 0.00232. The van der Waals surface area contributed by atoms with E-state index >= 15 is 0 Å². The highest BCUT2D eigenvalue weighted by Gasteiger charge is 2.42. The van der Waals surface area contributed by atoms with Crippen molar-refractivity contribution in [1.29, 1.82) is 0 Å². The number of rotatable bonds is 8. The molecule has 6 nitrogen and oxygen atoms in total. The van der Waals surface area contributed by atoms with E-state index in [0.29, 0.717) is 37.2 Å². The third kappa shape index (κ3) is 4.57. The normalized spacial score (nSPS) is 15.7. The van der Waals surface area contributed by atoms with Gasteiger partial charge in [0, 0.05) is 12.0 Å². The van der Waals surface area contributed by atoms with E-state index in [2.05, 4.69) is 5.32 Å². The summed E-state index contributed by atoms with van der Waals surface area (Å²) in [5.41, 5.74) is -0.460. The second-order valence-corrected chi connectivity index (χ2v) is 6.18. The number of hydrogen-bond acceptors (Lipinski definition) is 4. The molecule has 1 aromatic rings. The van der Waals surface area contributed by atoms with E-state index < -0.39 is 11.5 Å². The predicted octanol–water partition coefficient (Wildman–Crippen LogP) is 2.56. The summed E-state index contributed by atoms with van der Waals surface area (Å²) in [4.78, 5) is 34.5. The van der Waals surface area contributed by atoms with E-state index in [-0.39, 0.29) is 18.1 Å². The lowest BCUT2D eigenvalue weighted by Crippen LogP contribution is -2.52. The molecule has 2 N–H and O–H groups in total. The van der Waals surface area contributed by atoms with Gasteiger partial charge in [0.1, 0.15) is 11.3 Å². The van der Waals surface area contributed by atoms with Crippen LogP contribution in [0.1, 0.15) is 55.8 Å². The third-order valence-corrected chi connectivity index (χ3v) is 4.32. The molecule has 1 aliphatic rings. The maximum atomic E-state index is 12.0. The lowest BCUT2D eigenvalue weighted by molar-refractivity contribution is -0.147. The zero-order valence-electron chi connectivity index (χ0n) is 13.8. The number of amides is 1. The van der Waals surface area contributed by atoms with Crippen molar-refractivity contribution in [2.45, 2.75) is 51.0 Å². The molecule has 1 aliphatic carbocycles. The summed E-state index contributed by atoms with van der Waals surface area (Å²) in [5.74, 6) is -0.569. The first kappa shape index (κ1) is 18.0. The molecule has 0 aromatic heterocycles. The molecule has 0 radical (unpaired) electrons. The monoisotopic (exact) mass is 333 g/mol. The Kier molecular flexibility index (Phi) is 5.95. The van der Waals surface area contributed by atoms with Gasteiger partial charge in [-0.25, -0.2) is 4.79 Å². The first-order valence-electron chi connectivity index (χ1n) is 8.21. The smallest absolute Gasteiger partial charge is 0.329 e. The lowest BCUT2D eigenvalue weighted by Gasteiger charge is -2.25. The number of ketones is 1. The molecule has 2 rings (SSSR count). The van der Waals surface area contributed by atoms with Crippen LogP contribution in [0.4, 0.5) is 0 Å². The summed E-state index contributed by atoms with van der Waals surface area (Å²) in [7, 11) is 0. The van der Waals surface area contributed by atoms with Gasteiger partial charge in [-0.2, -0.15) is 0 Å². The van der Waals surface area contributed by atoms with Gasteiger partial charge in [0.25, 0.3) is 0 Å². The molecule has 1 aromatic carbocycles. The number of aliphatic carboxylic acids is 1. The first-order chi connectivity index (χ1) is 11.4. The van der Waals surface area contributed by atoms with Crippen LogP contribution in [0.5, 0.6) is 5.75 Å². The minimum Gasteiger partial charge on any atom is -0.494 e. The van der Waals surface area contributed by atoms with Crippen LogP contribution >= 0.6 is 0 Å². The van der Waals surface area contributed by atoms with Gasteiger partial charge in [0.15, 0.2) is 5.78 Å². The quantitative estimate of drug-likeness (QED) is 0.563. The second kappa shape index (κ2) is 7.95. The molecule has 1 saturated carbocycles. The number of benzene rings is 1. The van der Waals surface area contributed by atoms with E-state index in [0.717, 1.165) is 12.8 Å². The zero-order chi connectivity index (χ0) is 17.6. The average molecular weight is 333 g/mol. The summed E-state index contributed by atoms with van der Waals surface area (Å²) in [6.07, 6.45) is 3.36. The molecule has 1 fully saturated rings. The molecule has 0 heterocycles. The lowest BCUT2D eigenvalue weighted by atomic mass is 9.97. The molecule has 0 spiro atoms. The Hall–Kier alpha value is -2.37. The Balaban J connectivity index is 1.72.